The van der Waals surface area contributed by atoms with Gasteiger partial charge in [0.2, 0.25) is 0 Å². The van der Waals surface area contributed by atoms with Gasteiger partial charge in [-0.3, -0.25) is 4.72 Å². The zero-order valence-corrected chi connectivity index (χ0v) is 11.9. The summed E-state index contributed by atoms with van der Waals surface area (Å²) >= 11 is 0. The lowest BCUT2D eigenvalue weighted by Gasteiger charge is -2.07. The second kappa shape index (κ2) is 5.11. The summed E-state index contributed by atoms with van der Waals surface area (Å²) in [7, 11) is -3.79. The number of fused-ring (bicyclic) bond motifs is 1. The number of nitrogens with one attached hydrogen (secondary N) is 1. The highest BCUT2D eigenvalue weighted by molar-refractivity contribution is 7.92. The van der Waals surface area contributed by atoms with Crippen LogP contribution < -0.4 is 4.72 Å². The van der Waals surface area contributed by atoms with Crippen molar-refractivity contribution >= 4 is 27.5 Å². The average Bonchev–Trinajstić information content (AvgIpc) is 2.91. The van der Waals surface area contributed by atoms with Gasteiger partial charge in [0.25, 0.3) is 10.0 Å². The first kappa shape index (κ1) is 14.0. The van der Waals surface area contributed by atoms with E-state index in [1.807, 2.05) is 0 Å². The van der Waals surface area contributed by atoms with Gasteiger partial charge >= 0.3 is 5.97 Å². The molecule has 0 bridgehead atoms. The number of rotatable bonds is 4. The molecular weight excluding hydrogens is 308 g/mol. The molecule has 0 aliphatic heterocycles. The van der Waals surface area contributed by atoms with E-state index in [2.05, 4.69) is 14.8 Å². The van der Waals surface area contributed by atoms with Gasteiger partial charge in [0.05, 0.1) is 11.1 Å². The normalized spacial score (nSPS) is 11.5. The molecule has 3 rings (SSSR count). The quantitative estimate of drug-likeness (QED) is 0.748. The molecule has 0 spiro atoms. The summed E-state index contributed by atoms with van der Waals surface area (Å²) in [6.45, 7) is 0. The molecule has 0 saturated heterocycles. The van der Waals surface area contributed by atoms with Crippen molar-refractivity contribution in [2.75, 3.05) is 4.72 Å². The number of nitrogens with zero attached hydrogens (tertiary/aromatic N) is 3. The van der Waals surface area contributed by atoms with E-state index in [0.29, 0.717) is 0 Å². The van der Waals surface area contributed by atoms with E-state index in [-0.39, 0.29) is 21.9 Å². The SMILES string of the molecule is O=C(O)c1cnn2ccc(NS(=O)(=O)c3ccccc3)nc12. The van der Waals surface area contributed by atoms with Gasteiger partial charge in [0.15, 0.2) is 5.65 Å². The van der Waals surface area contributed by atoms with Gasteiger partial charge in [-0.2, -0.15) is 5.10 Å². The monoisotopic (exact) mass is 318 g/mol. The van der Waals surface area contributed by atoms with Crippen LogP contribution in [0.3, 0.4) is 0 Å². The number of benzene rings is 1. The van der Waals surface area contributed by atoms with E-state index in [0.717, 1.165) is 6.20 Å². The lowest BCUT2D eigenvalue weighted by atomic mass is 10.3. The minimum Gasteiger partial charge on any atom is -0.477 e. The molecule has 2 aromatic heterocycles. The van der Waals surface area contributed by atoms with Crippen molar-refractivity contribution in [1.82, 2.24) is 14.6 Å². The van der Waals surface area contributed by atoms with Crippen LogP contribution in [0.1, 0.15) is 10.4 Å². The number of carboxylic acids is 1. The second-order valence-electron chi connectivity index (χ2n) is 4.36. The maximum Gasteiger partial charge on any atom is 0.341 e. The highest BCUT2D eigenvalue weighted by Crippen LogP contribution is 2.16. The van der Waals surface area contributed by atoms with Gasteiger partial charge in [-0.05, 0) is 18.2 Å². The van der Waals surface area contributed by atoms with Gasteiger partial charge < -0.3 is 5.11 Å². The molecule has 0 amide bonds. The van der Waals surface area contributed by atoms with E-state index in [9.17, 15) is 13.2 Å². The number of sulfonamides is 1. The van der Waals surface area contributed by atoms with Crippen LogP contribution in [-0.4, -0.2) is 34.1 Å². The maximum atomic E-state index is 12.2. The largest absolute Gasteiger partial charge is 0.477 e. The third kappa shape index (κ3) is 2.49. The van der Waals surface area contributed by atoms with Crippen LogP contribution in [0.25, 0.3) is 5.65 Å². The van der Waals surface area contributed by atoms with Gasteiger partial charge in [-0.15, -0.1) is 0 Å². The smallest absolute Gasteiger partial charge is 0.341 e. The van der Waals surface area contributed by atoms with Gasteiger partial charge in [-0.25, -0.2) is 22.7 Å². The summed E-state index contributed by atoms with van der Waals surface area (Å²) in [5.74, 6) is -1.18. The summed E-state index contributed by atoms with van der Waals surface area (Å²) in [5.41, 5.74) is -0.0541. The van der Waals surface area contributed by atoms with Crippen LogP contribution in [0.2, 0.25) is 0 Å². The highest BCUT2D eigenvalue weighted by Gasteiger charge is 2.17. The average molecular weight is 318 g/mol. The van der Waals surface area contributed by atoms with E-state index < -0.39 is 16.0 Å². The Morgan fingerprint density at radius 1 is 1.18 bits per heavy atom. The Hall–Kier alpha value is -2.94. The third-order valence-electron chi connectivity index (χ3n) is 2.89. The van der Waals surface area contributed by atoms with Crippen molar-refractivity contribution in [2.45, 2.75) is 4.90 Å². The number of aromatic nitrogens is 3. The molecule has 0 aliphatic rings. The predicted octanol–water partition coefficient (Wildman–Crippen LogP) is 1.23. The molecule has 2 heterocycles. The van der Waals surface area contributed by atoms with Crippen molar-refractivity contribution in [3.8, 4) is 0 Å². The van der Waals surface area contributed by atoms with Gasteiger partial charge in [0.1, 0.15) is 11.4 Å². The number of aromatic carboxylic acids is 1. The Morgan fingerprint density at radius 3 is 2.59 bits per heavy atom. The fraction of sp³-hybridized carbons (Fsp3) is 0. The first-order chi connectivity index (χ1) is 10.5. The number of carbonyl (C=O) groups is 1. The van der Waals surface area contributed by atoms with Gasteiger partial charge in [-0.1, -0.05) is 18.2 Å². The summed E-state index contributed by atoms with van der Waals surface area (Å²) in [6, 6.07) is 9.20. The summed E-state index contributed by atoms with van der Waals surface area (Å²) < 4.78 is 28.0. The zero-order valence-electron chi connectivity index (χ0n) is 11.0. The third-order valence-corrected chi connectivity index (χ3v) is 4.26. The Morgan fingerprint density at radius 2 is 1.91 bits per heavy atom. The Bertz CT molecular complexity index is 951. The molecule has 9 heteroatoms. The van der Waals surface area contributed by atoms with Crippen molar-refractivity contribution < 1.29 is 18.3 Å². The Kier molecular flexibility index (Phi) is 3.26. The van der Waals surface area contributed by atoms with Crippen LogP contribution in [0.5, 0.6) is 0 Å². The molecule has 0 aliphatic carbocycles. The number of anilines is 1. The minimum absolute atomic E-state index is 0.0133. The van der Waals surface area contributed by atoms with Crippen molar-refractivity contribution in [3.05, 3.63) is 54.4 Å². The number of hydrogen-bond acceptors (Lipinski definition) is 5. The zero-order chi connectivity index (χ0) is 15.7. The topological polar surface area (TPSA) is 114 Å². The van der Waals surface area contributed by atoms with Crippen LogP contribution >= 0.6 is 0 Å². The number of hydrogen-bond donors (Lipinski definition) is 2. The highest BCUT2D eigenvalue weighted by atomic mass is 32.2. The summed E-state index contributed by atoms with van der Waals surface area (Å²) in [5, 5.41) is 12.9. The Balaban J connectivity index is 2.01. The standard InChI is InChI=1S/C13H10N4O4S/c18-13(19)10-8-14-17-7-6-11(15-12(10)17)16-22(20,21)9-4-2-1-3-5-9/h1-8H,(H,15,16)(H,18,19). The summed E-state index contributed by atoms with van der Waals surface area (Å²) in [4.78, 5) is 15.1. The molecule has 0 fully saturated rings. The van der Waals surface area contributed by atoms with E-state index in [4.69, 9.17) is 5.11 Å². The van der Waals surface area contributed by atoms with Crippen LogP contribution in [-0.2, 0) is 10.0 Å². The molecule has 0 saturated carbocycles. The maximum absolute atomic E-state index is 12.2. The second-order valence-corrected chi connectivity index (χ2v) is 6.05. The fourth-order valence-electron chi connectivity index (χ4n) is 1.87. The molecule has 0 unspecified atom stereocenters. The minimum atomic E-state index is -3.79. The van der Waals surface area contributed by atoms with Crippen molar-refractivity contribution in [3.63, 3.8) is 0 Å². The molecular formula is C13H10N4O4S. The molecule has 22 heavy (non-hydrogen) atoms. The molecule has 1 aromatic carbocycles. The molecule has 0 atom stereocenters. The first-order valence-electron chi connectivity index (χ1n) is 6.13. The van der Waals surface area contributed by atoms with Crippen LogP contribution in [0.4, 0.5) is 5.82 Å². The molecule has 3 aromatic rings. The molecule has 0 radical (unpaired) electrons. The molecule has 112 valence electrons. The van der Waals surface area contributed by atoms with Gasteiger partial charge in [0, 0.05) is 6.20 Å². The predicted molar refractivity (Wildman–Crippen MR) is 77.2 cm³/mol. The van der Waals surface area contributed by atoms with Crippen LogP contribution in [0.15, 0.2) is 53.7 Å². The number of carboxylic acid groups (broad SMARTS) is 1. The molecule has 8 nitrogen and oxygen atoms in total. The Labute approximate surface area is 125 Å². The van der Waals surface area contributed by atoms with E-state index in [1.54, 1.807) is 18.2 Å². The molecule has 2 N–H and O–H groups in total. The fourth-order valence-corrected chi connectivity index (χ4v) is 2.90. The van der Waals surface area contributed by atoms with Crippen molar-refractivity contribution in [1.29, 1.82) is 0 Å². The summed E-state index contributed by atoms with van der Waals surface area (Å²) in [6.07, 6.45) is 2.58. The van der Waals surface area contributed by atoms with Crippen molar-refractivity contribution in [2.24, 2.45) is 0 Å². The van der Waals surface area contributed by atoms with E-state index >= 15 is 0 Å². The first-order valence-corrected chi connectivity index (χ1v) is 7.61. The lowest BCUT2D eigenvalue weighted by molar-refractivity contribution is 0.0698. The van der Waals surface area contributed by atoms with E-state index in [1.165, 1.54) is 28.9 Å². The van der Waals surface area contributed by atoms with Crippen LogP contribution in [0, 0.1) is 0 Å². The lowest BCUT2D eigenvalue weighted by Crippen LogP contribution is -2.14.